The van der Waals surface area contributed by atoms with Gasteiger partial charge in [0.25, 0.3) is 0 Å². The molecule has 0 unspecified atom stereocenters. The number of benzene rings is 8. The summed E-state index contributed by atoms with van der Waals surface area (Å²) in [7, 11) is 0. The largest absolute Gasteiger partial charge is 0.454 e. The van der Waals surface area contributed by atoms with Crippen LogP contribution in [-0.2, 0) is 0 Å². The van der Waals surface area contributed by atoms with Crippen LogP contribution in [0.4, 0.5) is 0 Å². The fourth-order valence-electron chi connectivity index (χ4n) is 9.62. The highest BCUT2D eigenvalue weighted by molar-refractivity contribution is 6.12. The van der Waals surface area contributed by atoms with Crippen LogP contribution in [0.1, 0.15) is 0 Å². The zero-order valence-electron chi connectivity index (χ0n) is 34.0. The van der Waals surface area contributed by atoms with Crippen molar-refractivity contribution in [3.8, 4) is 56.1 Å². The molecule has 0 aliphatic rings. The average Bonchev–Trinajstić information content (AvgIpc) is 4.01. The van der Waals surface area contributed by atoms with Crippen molar-refractivity contribution in [3.05, 3.63) is 219 Å². The van der Waals surface area contributed by atoms with Crippen molar-refractivity contribution in [1.29, 1.82) is 0 Å². The highest BCUT2D eigenvalue weighted by Gasteiger charge is 2.18. The number of furan rings is 1. The Hall–Kier alpha value is -8.54. The van der Waals surface area contributed by atoms with Gasteiger partial charge in [0.15, 0.2) is 5.58 Å². The van der Waals surface area contributed by atoms with Crippen molar-refractivity contribution in [1.82, 2.24) is 19.1 Å². The molecule has 8 aromatic carbocycles. The monoisotopic (exact) mass is 804 g/mol. The van der Waals surface area contributed by atoms with Crippen LogP contribution in [0.25, 0.3) is 122 Å². The molecule has 0 N–H and O–H groups in total. The van der Waals surface area contributed by atoms with Crippen LogP contribution in [0.3, 0.4) is 0 Å². The Kier molecular flexibility index (Phi) is 7.84. The minimum Gasteiger partial charge on any atom is -0.454 e. The maximum atomic E-state index is 6.13. The first kappa shape index (κ1) is 35.2. The quantitative estimate of drug-likeness (QED) is 0.168. The van der Waals surface area contributed by atoms with Crippen molar-refractivity contribution in [3.63, 3.8) is 0 Å². The van der Waals surface area contributed by atoms with E-state index in [1.165, 1.54) is 43.8 Å². The SMILES string of the molecule is c1ccc(-c2cc(-n3c4ccccc4c4cc(-c5cccc(-c6ccc7c(c6)c6ccccc6n7-c6ccc7oc8cccnc8c7c6)c5)ccc43)cc(-c3ccccc3)n2)cc1. The predicted molar refractivity (Wildman–Crippen MR) is 260 cm³/mol. The number of rotatable bonds is 6. The second-order valence-electron chi connectivity index (χ2n) is 16.2. The van der Waals surface area contributed by atoms with Gasteiger partial charge in [-0.25, -0.2) is 4.98 Å². The van der Waals surface area contributed by atoms with Gasteiger partial charge < -0.3 is 13.6 Å². The Labute approximate surface area is 362 Å². The lowest BCUT2D eigenvalue weighted by molar-refractivity contribution is 0.668. The molecule has 0 amide bonds. The molecule has 5 aromatic heterocycles. The third kappa shape index (κ3) is 5.71. The van der Waals surface area contributed by atoms with Crippen LogP contribution in [0.15, 0.2) is 223 Å². The van der Waals surface area contributed by atoms with Crippen LogP contribution >= 0.6 is 0 Å². The Bertz CT molecular complexity index is 3860. The molecule has 0 fully saturated rings. The van der Waals surface area contributed by atoms with Crippen molar-refractivity contribution in [2.45, 2.75) is 0 Å². The van der Waals surface area contributed by atoms with E-state index in [1.807, 2.05) is 30.5 Å². The summed E-state index contributed by atoms with van der Waals surface area (Å²) < 4.78 is 10.9. The van der Waals surface area contributed by atoms with E-state index >= 15 is 0 Å². The molecule has 294 valence electrons. The van der Waals surface area contributed by atoms with Crippen LogP contribution in [0.2, 0.25) is 0 Å². The van der Waals surface area contributed by atoms with E-state index < -0.39 is 0 Å². The molecular weight excluding hydrogens is 769 g/mol. The molecular formula is C58H36N4O. The number of pyridine rings is 2. The maximum absolute atomic E-state index is 6.13. The van der Waals surface area contributed by atoms with Gasteiger partial charge in [0.2, 0.25) is 0 Å². The van der Waals surface area contributed by atoms with Crippen LogP contribution in [0, 0.1) is 0 Å². The number of aromatic nitrogens is 4. The fraction of sp³-hybridized carbons (Fsp3) is 0. The van der Waals surface area contributed by atoms with Gasteiger partial charge in [-0.05, 0) is 107 Å². The number of para-hydroxylation sites is 2. The molecule has 13 aromatic rings. The molecule has 0 spiro atoms. The molecule has 5 heteroatoms. The Morgan fingerprint density at radius 1 is 0.317 bits per heavy atom. The second-order valence-corrected chi connectivity index (χ2v) is 16.2. The predicted octanol–water partition coefficient (Wildman–Crippen LogP) is 15.2. The van der Waals surface area contributed by atoms with E-state index in [-0.39, 0.29) is 0 Å². The summed E-state index contributed by atoms with van der Waals surface area (Å²) in [6, 6.07) is 75.8. The van der Waals surface area contributed by atoms with Crippen LogP contribution < -0.4 is 0 Å². The first-order valence-corrected chi connectivity index (χ1v) is 21.3. The topological polar surface area (TPSA) is 48.8 Å². The van der Waals surface area contributed by atoms with E-state index in [2.05, 4.69) is 202 Å². The van der Waals surface area contributed by atoms with Gasteiger partial charge in [-0.2, -0.15) is 0 Å². The summed E-state index contributed by atoms with van der Waals surface area (Å²) in [5.41, 5.74) is 18.0. The Morgan fingerprint density at radius 3 is 1.46 bits per heavy atom. The van der Waals surface area contributed by atoms with Gasteiger partial charge in [-0.15, -0.1) is 0 Å². The minimum atomic E-state index is 0.797. The smallest absolute Gasteiger partial charge is 0.153 e. The zero-order chi connectivity index (χ0) is 41.4. The number of fused-ring (bicyclic) bond motifs is 9. The summed E-state index contributed by atoms with van der Waals surface area (Å²) in [6.45, 7) is 0. The third-order valence-electron chi connectivity index (χ3n) is 12.5. The van der Waals surface area contributed by atoms with Crippen molar-refractivity contribution < 1.29 is 4.42 Å². The Balaban J connectivity index is 0.920. The first-order chi connectivity index (χ1) is 31.2. The molecule has 0 radical (unpaired) electrons. The van der Waals surface area contributed by atoms with E-state index in [0.29, 0.717) is 0 Å². The molecule has 0 aliphatic carbocycles. The summed E-state index contributed by atoms with van der Waals surface area (Å²) in [6.07, 6.45) is 1.82. The summed E-state index contributed by atoms with van der Waals surface area (Å²) in [4.78, 5) is 9.83. The van der Waals surface area contributed by atoms with E-state index in [4.69, 9.17) is 9.40 Å². The lowest BCUT2D eigenvalue weighted by atomic mass is 9.97. The van der Waals surface area contributed by atoms with Gasteiger partial charge in [-0.3, -0.25) is 4.98 Å². The second kappa shape index (κ2) is 14.0. The highest BCUT2D eigenvalue weighted by Crippen LogP contribution is 2.40. The van der Waals surface area contributed by atoms with Crippen LogP contribution in [0.5, 0.6) is 0 Å². The average molecular weight is 805 g/mol. The summed E-state index contributed by atoms with van der Waals surface area (Å²) >= 11 is 0. The molecule has 5 heterocycles. The standard InChI is InChI=1S/C58H36N4O/c1-3-13-37(14-4-1)50-35-44(36-51(60-50)38-15-5-2-6-16-38)62-53-22-10-8-20-46(53)48-33-42(25-28-55(48)62)40-18-11-17-39(31-40)41-24-27-54-47(32-41)45-19-7-9-21-52(45)61(54)43-26-29-56-49(34-43)58-57(63-56)23-12-30-59-58/h1-36H. The summed E-state index contributed by atoms with van der Waals surface area (Å²) in [5.74, 6) is 0. The van der Waals surface area contributed by atoms with Gasteiger partial charge >= 0.3 is 0 Å². The number of nitrogens with zero attached hydrogens (tertiary/aromatic N) is 4. The molecule has 0 bridgehead atoms. The minimum absolute atomic E-state index is 0.797. The van der Waals surface area contributed by atoms with Gasteiger partial charge in [0.05, 0.1) is 39.1 Å². The highest BCUT2D eigenvalue weighted by atomic mass is 16.3. The molecule has 0 saturated heterocycles. The molecule has 13 rings (SSSR count). The fourth-order valence-corrected chi connectivity index (χ4v) is 9.62. The molecule has 0 atom stereocenters. The maximum Gasteiger partial charge on any atom is 0.153 e. The molecule has 63 heavy (non-hydrogen) atoms. The van der Waals surface area contributed by atoms with E-state index in [1.54, 1.807) is 0 Å². The van der Waals surface area contributed by atoms with Crippen LogP contribution in [-0.4, -0.2) is 19.1 Å². The zero-order valence-corrected chi connectivity index (χ0v) is 34.0. The molecule has 5 nitrogen and oxygen atoms in total. The van der Waals surface area contributed by atoms with Crippen molar-refractivity contribution in [2.24, 2.45) is 0 Å². The van der Waals surface area contributed by atoms with Gasteiger partial charge in [0, 0.05) is 49.9 Å². The normalized spacial score (nSPS) is 11.8. The Morgan fingerprint density at radius 2 is 0.841 bits per heavy atom. The lowest BCUT2D eigenvalue weighted by Gasteiger charge is -2.13. The van der Waals surface area contributed by atoms with Crippen molar-refractivity contribution in [2.75, 3.05) is 0 Å². The molecule has 0 saturated carbocycles. The number of hydrogen-bond acceptors (Lipinski definition) is 3. The van der Waals surface area contributed by atoms with Crippen molar-refractivity contribution >= 4 is 65.7 Å². The molecule has 0 aliphatic heterocycles. The van der Waals surface area contributed by atoms with Gasteiger partial charge in [0.1, 0.15) is 11.1 Å². The number of hydrogen-bond donors (Lipinski definition) is 0. The van der Waals surface area contributed by atoms with E-state index in [0.717, 1.165) is 78.0 Å². The third-order valence-corrected chi connectivity index (χ3v) is 12.5. The lowest BCUT2D eigenvalue weighted by Crippen LogP contribution is -1.98. The van der Waals surface area contributed by atoms with Gasteiger partial charge in [-0.1, -0.05) is 127 Å². The first-order valence-electron chi connectivity index (χ1n) is 21.3. The summed E-state index contributed by atoms with van der Waals surface area (Å²) in [5, 5.41) is 5.85. The van der Waals surface area contributed by atoms with E-state index in [9.17, 15) is 0 Å².